The van der Waals surface area contributed by atoms with Crippen LogP contribution in [0.3, 0.4) is 0 Å². The summed E-state index contributed by atoms with van der Waals surface area (Å²) in [5.74, 6) is 0.306. The molecule has 3 rings (SSSR count). The fourth-order valence-corrected chi connectivity index (χ4v) is 3.06. The van der Waals surface area contributed by atoms with Crippen molar-refractivity contribution in [1.82, 2.24) is 4.98 Å². The van der Waals surface area contributed by atoms with Gasteiger partial charge in [0, 0.05) is 18.8 Å². The van der Waals surface area contributed by atoms with E-state index >= 15 is 0 Å². The van der Waals surface area contributed by atoms with Gasteiger partial charge in [-0.25, -0.2) is 4.98 Å². The topological polar surface area (TPSA) is 54.5 Å². The largest absolute Gasteiger partial charge is 0.495 e. The number of hydrogen-bond acceptors (Lipinski definition) is 4. The van der Waals surface area contributed by atoms with Crippen LogP contribution in [0.2, 0.25) is 5.02 Å². The fraction of sp³-hybridized carbons (Fsp3) is 0.333. The molecule has 1 fully saturated rings. The van der Waals surface area contributed by atoms with Crippen LogP contribution in [0.1, 0.15) is 29.8 Å². The van der Waals surface area contributed by atoms with Gasteiger partial charge in [-0.2, -0.15) is 0 Å². The molecule has 1 aliphatic heterocycles. The quantitative estimate of drug-likeness (QED) is 0.910. The van der Waals surface area contributed by atoms with E-state index in [2.05, 4.69) is 15.2 Å². The van der Waals surface area contributed by atoms with Crippen LogP contribution in [0.4, 0.5) is 11.4 Å². The lowest BCUT2D eigenvalue weighted by Crippen LogP contribution is -2.29. The summed E-state index contributed by atoms with van der Waals surface area (Å²) in [7, 11) is 1.55. The summed E-state index contributed by atoms with van der Waals surface area (Å²) in [5.41, 5.74) is 2.05. The minimum Gasteiger partial charge on any atom is -0.495 e. The summed E-state index contributed by atoms with van der Waals surface area (Å²) >= 11 is 6.07. The minimum atomic E-state index is -0.263. The van der Waals surface area contributed by atoms with E-state index in [1.54, 1.807) is 37.6 Å². The Balaban J connectivity index is 1.67. The third kappa shape index (κ3) is 3.79. The number of carbonyl (C=O) groups excluding carboxylic acids is 1. The second kappa shape index (κ2) is 7.53. The number of benzene rings is 1. The highest BCUT2D eigenvalue weighted by Crippen LogP contribution is 2.27. The number of piperidine rings is 1. The molecular weight excluding hydrogens is 326 g/mol. The van der Waals surface area contributed by atoms with E-state index in [1.165, 1.54) is 19.3 Å². The highest BCUT2D eigenvalue weighted by Gasteiger charge is 2.13. The van der Waals surface area contributed by atoms with Gasteiger partial charge >= 0.3 is 0 Å². The molecule has 1 aromatic heterocycles. The average molecular weight is 346 g/mol. The first-order chi connectivity index (χ1) is 11.7. The summed E-state index contributed by atoms with van der Waals surface area (Å²) < 4.78 is 5.10. The lowest BCUT2D eigenvalue weighted by atomic mass is 10.1. The van der Waals surface area contributed by atoms with E-state index in [-0.39, 0.29) is 5.91 Å². The monoisotopic (exact) mass is 345 g/mol. The van der Waals surface area contributed by atoms with Gasteiger partial charge in [0.15, 0.2) is 0 Å². The van der Waals surface area contributed by atoms with Gasteiger partial charge in [0.2, 0.25) is 0 Å². The van der Waals surface area contributed by atoms with Gasteiger partial charge in [0.1, 0.15) is 11.4 Å². The molecule has 1 amide bonds. The van der Waals surface area contributed by atoms with Gasteiger partial charge in [-0.3, -0.25) is 4.79 Å². The Labute approximate surface area is 146 Å². The zero-order valence-corrected chi connectivity index (χ0v) is 14.3. The summed E-state index contributed by atoms with van der Waals surface area (Å²) in [6, 6.07) is 8.81. The van der Waals surface area contributed by atoms with Crippen molar-refractivity contribution in [2.45, 2.75) is 19.3 Å². The molecule has 0 atom stereocenters. The number of rotatable bonds is 4. The van der Waals surface area contributed by atoms with Crippen LogP contribution in [0.15, 0.2) is 36.5 Å². The van der Waals surface area contributed by atoms with Crippen molar-refractivity contribution in [2.24, 2.45) is 0 Å². The molecule has 0 radical (unpaired) electrons. The number of ether oxygens (including phenoxy) is 1. The maximum atomic E-state index is 12.3. The number of halogens is 1. The molecule has 1 saturated heterocycles. The maximum Gasteiger partial charge on any atom is 0.274 e. The Hall–Kier alpha value is -2.27. The molecule has 24 heavy (non-hydrogen) atoms. The predicted molar refractivity (Wildman–Crippen MR) is 96.3 cm³/mol. The Morgan fingerprint density at radius 3 is 2.62 bits per heavy atom. The lowest BCUT2D eigenvalue weighted by molar-refractivity contribution is 0.102. The molecule has 6 heteroatoms. The van der Waals surface area contributed by atoms with Crippen molar-refractivity contribution in [3.05, 3.63) is 47.2 Å². The smallest absolute Gasteiger partial charge is 0.274 e. The zero-order valence-electron chi connectivity index (χ0n) is 13.6. The van der Waals surface area contributed by atoms with Gasteiger partial charge < -0.3 is 15.0 Å². The van der Waals surface area contributed by atoms with Gasteiger partial charge in [0.25, 0.3) is 5.91 Å². The lowest BCUT2D eigenvalue weighted by Gasteiger charge is -2.28. The molecule has 2 aromatic rings. The van der Waals surface area contributed by atoms with Crippen LogP contribution >= 0.6 is 11.6 Å². The normalized spacial score (nSPS) is 14.3. The Kier molecular flexibility index (Phi) is 5.20. The van der Waals surface area contributed by atoms with Crippen molar-refractivity contribution in [3.8, 4) is 5.75 Å². The van der Waals surface area contributed by atoms with E-state index in [9.17, 15) is 4.79 Å². The van der Waals surface area contributed by atoms with Gasteiger partial charge in [-0.1, -0.05) is 11.6 Å². The summed E-state index contributed by atoms with van der Waals surface area (Å²) in [4.78, 5) is 18.9. The second-order valence-electron chi connectivity index (χ2n) is 5.75. The van der Waals surface area contributed by atoms with Gasteiger partial charge in [0.05, 0.1) is 24.0 Å². The van der Waals surface area contributed by atoms with Crippen molar-refractivity contribution in [2.75, 3.05) is 30.4 Å². The number of aromatic nitrogens is 1. The molecule has 0 spiro atoms. The van der Waals surface area contributed by atoms with Crippen molar-refractivity contribution in [3.63, 3.8) is 0 Å². The molecule has 2 heterocycles. The van der Waals surface area contributed by atoms with Crippen molar-refractivity contribution < 1.29 is 9.53 Å². The fourth-order valence-electron chi connectivity index (χ4n) is 2.80. The van der Waals surface area contributed by atoms with Crippen LogP contribution in [-0.4, -0.2) is 31.1 Å². The molecular formula is C18H20ClN3O2. The van der Waals surface area contributed by atoms with E-state index in [1.807, 2.05) is 6.07 Å². The molecule has 1 N–H and O–H groups in total. The van der Waals surface area contributed by atoms with Crippen LogP contribution < -0.4 is 15.0 Å². The molecule has 0 saturated carbocycles. The average Bonchev–Trinajstić information content (AvgIpc) is 2.63. The van der Waals surface area contributed by atoms with Crippen molar-refractivity contribution >= 4 is 28.9 Å². The molecule has 5 nitrogen and oxygen atoms in total. The number of hydrogen-bond donors (Lipinski definition) is 1. The Morgan fingerprint density at radius 2 is 2.00 bits per heavy atom. The molecule has 126 valence electrons. The minimum absolute atomic E-state index is 0.263. The van der Waals surface area contributed by atoms with Crippen LogP contribution in [0.5, 0.6) is 5.75 Å². The number of pyridine rings is 1. The third-order valence-corrected chi connectivity index (χ3v) is 4.41. The van der Waals surface area contributed by atoms with Crippen LogP contribution in [-0.2, 0) is 0 Å². The van der Waals surface area contributed by atoms with E-state index in [0.29, 0.717) is 22.2 Å². The predicted octanol–water partition coefficient (Wildman–Crippen LogP) is 3.99. The first-order valence-electron chi connectivity index (χ1n) is 8.03. The Morgan fingerprint density at radius 1 is 1.21 bits per heavy atom. The van der Waals surface area contributed by atoms with E-state index in [4.69, 9.17) is 16.3 Å². The number of nitrogens with zero attached hydrogens (tertiary/aromatic N) is 2. The first-order valence-corrected chi connectivity index (χ1v) is 8.41. The van der Waals surface area contributed by atoms with Crippen molar-refractivity contribution in [1.29, 1.82) is 0 Å². The third-order valence-electron chi connectivity index (χ3n) is 4.11. The molecule has 1 aromatic carbocycles. The van der Waals surface area contributed by atoms with Gasteiger partial charge in [-0.05, 0) is 49.6 Å². The number of carbonyl (C=O) groups is 1. The molecule has 1 aliphatic rings. The number of amides is 1. The second-order valence-corrected chi connectivity index (χ2v) is 6.16. The SMILES string of the molecule is COc1ccc(NC(=O)c2ccc(N3CCCCC3)cn2)cc1Cl. The zero-order chi connectivity index (χ0) is 16.9. The highest BCUT2D eigenvalue weighted by atomic mass is 35.5. The molecule has 0 unspecified atom stereocenters. The standard InChI is InChI=1S/C18H20ClN3O2/c1-24-17-8-5-13(11-15(17)19)21-18(23)16-7-6-14(12-20-16)22-9-3-2-4-10-22/h5-8,11-12H,2-4,9-10H2,1H3,(H,21,23). The van der Waals surface area contributed by atoms with E-state index in [0.717, 1.165) is 18.8 Å². The first kappa shape index (κ1) is 16.6. The number of anilines is 2. The summed E-state index contributed by atoms with van der Waals surface area (Å²) in [5, 5.41) is 3.24. The van der Waals surface area contributed by atoms with Crippen LogP contribution in [0, 0.1) is 0 Å². The summed E-state index contributed by atoms with van der Waals surface area (Å²) in [6.07, 6.45) is 5.47. The molecule has 0 aliphatic carbocycles. The van der Waals surface area contributed by atoms with Gasteiger partial charge in [-0.15, -0.1) is 0 Å². The Bertz CT molecular complexity index is 713. The highest BCUT2D eigenvalue weighted by molar-refractivity contribution is 6.32. The number of nitrogens with one attached hydrogen (secondary N) is 1. The number of methoxy groups -OCH3 is 1. The summed E-state index contributed by atoms with van der Waals surface area (Å²) in [6.45, 7) is 2.11. The maximum absolute atomic E-state index is 12.3. The molecule has 0 bridgehead atoms. The van der Waals surface area contributed by atoms with Crippen LogP contribution in [0.25, 0.3) is 0 Å². The van der Waals surface area contributed by atoms with E-state index < -0.39 is 0 Å².